The molecule has 0 bridgehead atoms. The molecule has 0 unspecified atom stereocenters. The van der Waals surface area contributed by atoms with E-state index in [1.54, 1.807) is 0 Å². The van der Waals surface area contributed by atoms with Gasteiger partial charge in [-0.15, -0.1) is 0 Å². The van der Waals surface area contributed by atoms with E-state index in [-0.39, 0.29) is 0 Å². The van der Waals surface area contributed by atoms with E-state index >= 15 is 0 Å². The van der Waals surface area contributed by atoms with Gasteiger partial charge in [0, 0.05) is 6.16 Å². The minimum Gasteiger partial charge on any atom is -0.0622 e. The van der Waals surface area contributed by atoms with Gasteiger partial charge in [-0.05, 0) is 51.3 Å². The molecule has 0 aliphatic heterocycles. The molecule has 0 atom stereocenters. The van der Waals surface area contributed by atoms with Gasteiger partial charge >= 0.3 is 0 Å². The molecular weight excluding hydrogens is 223 g/mol. The van der Waals surface area contributed by atoms with Crippen LogP contribution >= 0.6 is 8.58 Å². The van der Waals surface area contributed by atoms with Crippen LogP contribution in [0.5, 0.6) is 0 Å². The predicted molar refractivity (Wildman–Crippen MR) is 77.4 cm³/mol. The summed E-state index contributed by atoms with van der Waals surface area (Å²) in [5.74, 6) is 0. The predicted octanol–water partition coefficient (Wildman–Crippen LogP) is 4.38. The zero-order chi connectivity index (χ0) is 12.3. The maximum Gasteiger partial charge on any atom is 0.000914 e. The van der Waals surface area contributed by atoms with Gasteiger partial charge in [0.25, 0.3) is 0 Å². The third-order valence-electron chi connectivity index (χ3n) is 2.90. The second-order valence-corrected chi connectivity index (χ2v) is 5.63. The van der Waals surface area contributed by atoms with Crippen LogP contribution in [-0.4, -0.2) is 0 Å². The molecule has 0 saturated carbocycles. The molecule has 2 aromatic rings. The standard InChI is InChI=1S/C16H18P/c1-12-9-13(2)16(14(3)10-12)17-11-15-7-5-4-6-8-15/h4-10H,11H2,1-3H3. The van der Waals surface area contributed by atoms with E-state index in [4.69, 9.17) is 0 Å². The highest BCUT2D eigenvalue weighted by Gasteiger charge is 2.04. The fourth-order valence-electron chi connectivity index (χ4n) is 2.18. The van der Waals surface area contributed by atoms with E-state index in [0.29, 0.717) is 0 Å². The first-order chi connectivity index (χ1) is 8.16. The van der Waals surface area contributed by atoms with Crippen molar-refractivity contribution in [3.05, 3.63) is 64.7 Å². The second-order valence-electron chi connectivity index (χ2n) is 4.55. The average molecular weight is 241 g/mol. The highest BCUT2D eigenvalue weighted by molar-refractivity contribution is 7.46. The van der Waals surface area contributed by atoms with Crippen molar-refractivity contribution < 1.29 is 0 Å². The first kappa shape index (κ1) is 12.3. The lowest BCUT2D eigenvalue weighted by Crippen LogP contribution is -2.06. The summed E-state index contributed by atoms with van der Waals surface area (Å²) < 4.78 is 0. The number of rotatable bonds is 3. The van der Waals surface area contributed by atoms with Crippen molar-refractivity contribution in [1.29, 1.82) is 0 Å². The first-order valence-electron chi connectivity index (χ1n) is 5.96. The third-order valence-corrected chi connectivity index (χ3v) is 4.44. The fourth-order valence-corrected chi connectivity index (χ4v) is 3.35. The van der Waals surface area contributed by atoms with Crippen molar-refractivity contribution in [2.24, 2.45) is 0 Å². The summed E-state index contributed by atoms with van der Waals surface area (Å²) in [6, 6.07) is 15.3. The van der Waals surface area contributed by atoms with E-state index < -0.39 is 0 Å². The molecule has 1 heteroatoms. The van der Waals surface area contributed by atoms with E-state index in [2.05, 4.69) is 63.2 Å². The molecule has 0 N–H and O–H groups in total. The van der Waals surface area contributed by atoms with Crippen LogP contribution < -0.4 is 5.30 Å². The van der Waals surface area contributed by atoms with E-state index in [1.807, 2.05) is 0 Å². The largest absolute Gasteiger partial charge is 0.0622 e. The molecule has 0 heterocycles. The zero-order valence-corrected chi connectivity index (χ0v) is 11.6. The first-order valence-corrected chi connectivity index (χ1v) is 7.04. The summed E-state index contributed by atoms with van der Waals surface area (Å²) in [5, 5.41) is 1.49. The maximum atomic E-state index is 2.28. The molecule has 0 spiro atoms. The van der Waals surface area contributed by atoms with Crippen LogP contribution in [-0.2, 0) is 6.16 Å². The van der Waals surface area contributed by atoms with Gasteiger partial charge < -0.3 is 0 Å². The Bertz CT molecular complexity index is 477. The molecule has 0 aliphatic rings. The van der Waals surface area contributed by atoms with Crippen molar-refractivity contribution >= 4 is 13.9 Å². The van der Waals surface area contributed by atoms with Gasteiger partial charge in [0.1, 0.15) is 0 Å². The Morgan fingerprint density at radius 1 is 0.882 bits per heavy atom. The lowest BCUT2D eigenvalue weighted by atomic mass is 10.1. The highest BCUT2D eigenvalue weighted by Crippen LogP contribution is 2.22. The fraction of sp³-hybridized carbons (Fsp3) is 0.250. The zero-order valence-electron chi connectivity index (χ0n) is 10.7. The van der Waals surface area contributed by atoms with Crippen LogP contribution in [0.1, 0.15) is 22.3 Å². The molecule has 0 aliphatic carbocycles. The molecule has 0 aromatic heterocycles. The lowest BCUT2D eigenvalue weighted by molar-refractivity contribution is 1.35. The quantitative estimate of drug-likeness (QED) is 0.699. The summed E-state index contributed by atoms with van der Waals surface area (Å²) >= 11 is 0. The minimum absolute atomic E-state index is 1.10. The van der Waals surface area contributed by atoms with Crippen LogP contribution in [0.3, 0.4) is 0 Å². The Kier molecular flexibility index (Phi) is 3.97. The van der Waals surface area contributed by atoms with Crippen LogP contribution in [0.4, 0.5) is 0 Å². The number of aryl methyl sites for hydroxylation is 3. The summed E-state index contributed by atoms with van der Waals surface area (Å²) in [7, 11) is 1.41. The number of hydrogen-bond donors (Lipinski definition) is 0. The van der Waals surface area contributed by atoms with Gasteiger partial charge in [0.2, 0.25) is 0 Å². The van der Waals surface area contributed by atoms with Crippen LogP contribution in [0.2, 0.25) is 0 Å². The highest BCUT2D eigenvalue weighted by atomic mass is 31.1. The molecule has 0 amide bonds. The third kappa shape index (κ3) is 3.17. The smallest absolute Gasteiger partial charge is 0.000914 e. The Hall–Kier alpha value is -1.13. The Labute approximate surface area is 106 Å². The lowest BCUT2D eigenvalue weighted by Gasteiger charge is -2.10. The summed E-state index contributed by atoms with van der Waals surface area (Å²) in [6.45, 7) is 6.60. The van der Waals surface area contributed by atoms with E-state index in [9.17, 15) is 0 Å². The SMILES string of the molecule is Cc1cc(C)c([P]Cc2ccccc2)c(C)c1. The maximum absolute atomic E-state index is 2.28. The summed E-state index contributed by atoms with van der Waals surface area (Å²) in [6.07, 6.45) is 1.10. The van der Waals surface area contributed by atoms with Crippen LogP contribution in [0.25, 0.3) is 0 Å². The van der Waals surface area contributed by atoms with Crippen molar-refractivity contribution in [3.63, 3.8) is 0 Å². The molecule has 17 heavy (non-hydrogen) atoms. The van der Waals surface area contributed by atoms with Gasteiger partial charge in [-0.25, -0.2) is 0 Å². The average Bonchev–Trinajstić information content (AvgIpc) is 2.29. The Morgan fingerprint density at radius 3 is 2.06 bits per heavy atom. The molecule has 1 radical (unpaired) electrons. The van der Waals surface area contributed by atoms with Gasteiger partial charge in [-0.2, -0.15) is 0 Å². The molecule has 0 fully saturated rings. The molecule has 2 rings (SSSR count). The summed E-state index contributed by atoms with van der Waals surface area (Å²) in [4.78, 5) is 0. The molecule has 2 aromatic carbocycles. The molecular formula is C16H18P. The van der Waals surface area contributed by atoms with Gasteiger partial charge in [-0.3, -0.25) is 0 Å². The monoisotopic (exact) mass is 241 g/mol. The Morgan fingerprint density at radius 2 is 1.47 bits per heavy atom. The van der Waals surface area contributed by atoms with Crippen molar-refractivity contribution in [1.82, 2.24) is 0 Å². The van der Waals surface area contributed by atoms with E-state index in [1.165, 1.54) is 36.1 Å². The second kappa shape index (κ2) is 5.47. The van der Waals surface area contributed by atoms with Crippen molar-refractivity contribution in [2.75, 3.05) is 0 Å². The normalized spacial score (nSPS) is 11.2. The molecule has 0 saturated heterocycles. The van der Waals surface area contributed by atoms with E-state index in [0.717, 1.165) is 6.16 Å². The summed E-state index contributed by atoms with van der Waals surface area (Å²) in [5.41, 5.74) is 5.60. The topological polar surface area (TPSA) is 0 Å². The molecule has 0 nitrogen and oxygen atoms in total. The number of benzene rings is 2. The molecule has 87 valence electrons. The van der Waals surface area contributed by atoms with Crippen molar-refractivity contribution in [3.8, 4) is 0 Å². The van der Waals surface area contributed by atoms with Crippen LogP contribution in [0, 0.1) is 20.8 Å². The van der Waals surface area contributed by atoms with Crippen molar-refractivity contribution in [2.45, 2.75) is 26.9 Å². The van der Waals surface area contributed by atoms with Crippen LogP contribution in [0.15, 0.2) is 42.5 Å². The Balaban J connectivity index is 2.15. The van der Waals surface area contributed by atoms with Gasteiger partial charge in [-0.1, -0.05) is 48.0 Å². The van der Waals surface area contributed by atoms with Gasteiger partial charge in [0.05, 0.1) is 0 Å². The minimum atomic E-state index is 1.10. The van der Waals surface area contributed by atoms with Gasteiger partial charge in [0.15, 0.2) is 0 Å². The number of hydrogen-bond acceptors (Lipinski definition) is 0.